The minimum Gasteiger partial charge on any atom is -0.477 e. The summed E-state index contributed by atoms with van der Waals surface area (Å²) in [6, 6.07) is -0.895. The third-order valence-corrected chi connectivity index (χ3v) is 11.2. The standard InChI is InChI=1S/C16H17N5O5S6/c1-6-19-20-16(31-6)30-3-7-2-29-13-9(12(23)21(13)10(7)14(24)25)18-11(22)15(27)32(26)8-4-28-5-17-8/h9,13,15,27H,2-5H2,1H3,(H,18,22)(H,24,25)/t9?,13-,15?,32?/m0/s1. The van der Waals surface area contributed by atoms with E-state index >= 15 is 0 Å². The maximum Gasteiger partial charge on any atom is 0.352 e. The van der Waals surface area contributed by atoms with Gasteiger partial charge in [-0.2, -0.15) is 12.6 Å². The van der Waals surface area contributed by atoms with Gasteiger partial charge in [-0.15, -0.1) is 33.7 Å². The third kappa shape index (κ3) is 4.75. The van der Waals surface area contributed by atoms with Crippen LogP contribution in [0.15, 0.2) is 20.6 Å². The molecule has 4 atom stereocenters. The van der Waals surface area contributed by atoms with Gasteiger partial charge in [0.05, 0.1) is 16.7 Å². The van der Waals surface area contributed by atoms with Gasteiger partial charge in [-0.1, -0.05) is 23.1 Å². The summed E-state index contributed by atoms with van der Waals surface area (Å²) in [5.41, 5.74) is 0.556. The summed E-state index contributed by atoms with van der Waals surface area (Å²) in [4.78, 5) is 42.6. The molecule has 1 fully saturated rings. The molecule has 2 amide bonds. The number of aliphatic carboxylic acids is 1. The van der Waals surface area contributed by atoms with Gasteiger partial charge in [-0.3, -0.25) is 23.7 Å². The van der Waals surface area contributed by atoms with E-state index in [9.17, 15) is 23.7 Å². The van der Waals surface area contributed by atoms with E-state index < -0.39 is 44.6 Å². The molecule has 0 saturated carbocycles. The molecule has 172 valence electrons. The molecule has 0 aliphatic carbocycles. The van der Waals surface area contributed by atoms with Gasteiger partial charge in [-0.25, -0.2) is 4.79 Å². The summed E-state index contributed by atoms with van der Waals surface area (Å²) in [6.45, 7) is 1.84. The number of hydrogen-bond acceptors (Lipinski definition) is 12. The number of thiol groups is 1. The average Bonchev–Trinajstić information content (AvgIpc) is 3.45. The normalized spacial score (nSPS) is 24.5. The highest BCUT2D eigenvalue weighted by atomic mass is 32.2. The molecule has 16 heteroatoms. The lowest BCUT2D eigenvalue weighted by Gasteiger charge is -2.49. The Morgan fingerprint density at radius 2 is 2.19 bits per heavy atom. The van der Waals surface area contributed by atoms with Crippen LogP contribution in [-0.4, -0.2) is 86.4 Å². The van der Waals surface area contributed by atoms with E-state index in [-0.39, 0.29) is 5.70 Å². The molecule has 0 bridgehead atoms. The molecule has 0 radical (unpaired) electrons. The lowest BCUT2D eigenvalue weighted by molar-refractivity contribution is -0.150. The molecule has 3 aliphatic rings. The largest absolute Gasteiger partial charge is 0.477 e. The van der Waals surface area contributed by atoms with Gasteiger partial charge in [0.1, 0.15) is 27.2 Å². The van der Waals surface area contributed by atoms with Gasteiger partial charge in [0.2, 0.25) is 5.91 Å². The Kier molecular flexibility index (Phi) is 7.56. The number of carbonyl (C=O) groups excluding carboxylic acids is 2. The molecule has 1 saturated heterocycles. The molecule has 1 aromatic rings. The fourth-order valence-corrected chi connectivity index (χ4v) is 9.00. The first-order chi connectivity index (χ1) is 15.3. The zero-order valence-corrected chi connectivity index (χ0v) is 21.4. The number of fused-ring (bicyclic) bond motifs is 1. The zero-order valence-electron chi connectivity index (χ0n) is 16.4. The number of aliphatic imine (C=N–C) groups is 1. The smallest absolute Gasteiger partial charge is 0.352 e. The van der Waals surface area contributed by atoms with E-state index in [0.717, 1.165) is 9.35 Å². The number of nitrogens with one attached hydrogen (secondary N) is 1. The second-order valence-corrected chi connectivity index (χ2v) is 13.6. The van der Waals surface area contributed by atoms with Crippen LogP contribution in [0, 0.1) is 6.92 Å². The topological polar surface area (TPSA) is 142 Å². The highest BCUT2D eigenvalue weighted by molar-refractivity contribution is 8.14. The van der Waals surface area contributed by atoms with Gasteiger partial charge >= 0.3 is 5.97 Å². The van der Waals surface area contributed by atoms with Gasteiger partial charge in [-0.05, 0) is 12.5 Å². The summed E-state index contributed by atoms with van der Waals surface area (Å²) in [5, 5.41) is 21.0. The molecular formula is C16H17N5O5S6. The molecule has 32 heavy (non-hydrogen) atoms. The zero-order chi connectivity index (χ0) is 23.0. The number of aromatic nitrogens is 2. The lowest BCUT2D eigenvalue weighted by Crippen LogP contribution is -2.71. The Morgan fingerprint density at radius 3 is 2.81 bits per heavy atom. The van der Waals surface area contributed by atoms with Crippen LogP contribution in [0.3, 0.4) is 0 Å². The van der Waals surface area contributed by atoms with Crippen LogP contribution in [0.1, 0.15) is 5.01 Å². The van der Waals surface area contributed by atoms with Crippen LogP contribution in [0.25, 0.3) is 0 Å². The van der Waals surface area contributed by atoms with E-state index in [0.29, 0.717) is 33.8 Å². The average molecular weight is 552 g/mol. The first kappa shape index (κ1) is 24.1. The monoisotopic (exact) mass is 551 g/mol. The van der Waals surface area contributed by atoms with Crippen molar-refractivity contribution in [2.45, 2.75) is 27.3 Å². The van der Waals surface area contributed by atoms with Crippen molar-refractivity contribution in [3.63, 3.8) is 0 Å². The predicted octanol–water partition coefficient (Wildman–Crippen LogP) is 0.785. The molecule has 4 rings (SSSR count). The molecule has 10 nitrogen and oxygen atoms in total. The minimum absolute atomic E-state index is 0.0543. The number of carboxylic acids is 1. The van der Waals surface area contributed by atoms with Gasteiger partial charge < -0.3 is 10.4 Å². The number of nitrogens with zero attached hydrogens (tertiary/aromatic N) is 4. The number of thioether (sulfide) groups is 3. The van der Waals surface area contributed by atoms with Crippen molar-refractivity contribution in [3.05, 3.63) is 16.3 Å². The van der Waals surface area contributed by atoms with Crippen LogP contribution in [0.4, 0.5) is 0 Å². The van der Waals surface area contributed by atoms with E-state index in [4.69, 9.17) is 0 Å². The quantitative estimate of drug-likeness (QED) is 0.253. The third-order valence-electron chi connectivity index (χ3n) is 4.64. The van der Waals surface area contributed by atoms with E-state index in [2.05, 4.69) is 33.1 Å². The van der Waals surface area contributed by atoms with Crippen molar-refractivity contribution in [1.29, 1.82) is 0 Å². The van der Waals surface area contributed by atoms with Crippen molar-refractivity contribution < 1.29 is 23.7 Å². The second kappa shape index (κ2) is 10.0. The van der Waals surface area contributed by atoms with E-state index in [1.807, 2.05) is 6.92 Å². The number of hydrogen-bond donors (Lipinski definition) is 3. The number of aryl methyl sites for hydroxylation is 1. The lowest BCUT2D eigenvalue weighted by atomic mass is 10.0. The number of β-lactam (4-membered cyclic amide) rings is 1. The number of amides is 2. The second-order valence-electron chi connectivity index (χ2n) is 6.71. The molecular weight excluding hydrogens is 535 g/mol. The summed E-state index contributed by atoms with van der Waals surface area (Å²) in [5.74, 6) is -0.591. The molecule has 1 aromatic heterocycles. The van der Waals surface area contributed by atoms with Crippen LogP contribution >= 0.6 is 59.3 Å². The number of carbonyl (C=O) groups is 3. The van der Waals surface area contributed by atoms with Crippen LogP contribution in [-0.2, 0) is 25.2 Å². The minimum atomic E-state index is -1.69. The maximum atomic E-state index is 12.8. The Bertz CT molecular complexity index is 1060. The summed E-state index contributed by atoms with van der Waals surface area (Å²) < 4.78 is 12.0. The highest BCUT2D eigenvalue weighted by Gasteiger charge is 2.54. The van der Waals surface area contributed by atoms with Crippen LogP contribution in [0.2, 0.25) is 0 Å². The van der Waals surface area contributed by atoms with Crippen molar-refractivity contribution in [1.82, 2.24) is 20.4 Å². The van der Waals surface area contributed by atoms with Crippen molar-refractivity contribution in [2.75, 3.05) is 23.1 Å². The summed E-state index contributed by atoms with van der Waals surface area (Å²) >= 11 is 9.82. The molecule has 0 spiro atoms. The molecule has 3 aliphatic heterocycles. The Balaban J connectivity index is 1.43. The highest BCUT2D eigenvalue weighted by Crippen LogP contribution is 2.41. The van der Waals surface area contributed by atoms with E-state index in [1.54, 1.807) is 0 Å². The molecule has 2 N–H and O–H groups in total. The molecule has 4 heterocycles. The fourth-order valence-electron chi connectivity index (χ4n) is 3.15. The Labute approximate surface area is 207 Å². The first-order valence-electron chi connectivity index (χ1n) is 9.11. The predicted molar refractivity (Wildman–Crippen MR) is 131 cm³/mol. The first-order valence-corrected chi connectivity index (χ1v) is 14.8. The maximum absolute atomic E-state index is 12.8. The Hall–Kier alpha value is -1.07. The van der Waals surface area contributed by atoms with Crippen molar-refractivity contribution in [2.24, 2.45) is 4.99 Å². The Morgan fingerprint density at radius 1 is 1.41 bits per heavy atom. The SMILES string of the molecule is Cc1nnc(SCC2=C(C(=O)O)N3C(=O)C(NC(=O)C(S)S(=O)C4=NCSC4)[C@@H]3SC2)s1. The van der Waals surface area contributed by atoms with Gasteiger partial charge in [0.25, 0.3) is 5.91 Å². The fraction of sp³-hybridized carbons (Fsp3) is 0.500. The number of rotatable bonds is 7. The van der Waals surface area contributed by atoms with Gasteiger partial charge in [0.15, 0.2) is 8.92 Å². The van der Waals surface area contributed by atoms with Crippen molar-refractivity contribution in [3.8, 4) is 0 Å². The van der Waals surface area contributed by atoms with Gasteiger partial charge in [0, 0.05) is 17.3 Å². The van der Waals surface area contributed by atoms with E-state index in [1.165, 1.54) is 51.5 Å². The number of carboxylic acid groups (broad SMARTS) is 1. The van der Waals surface area contributed by atoms with Crippen LogP contribution < -0.4 is 5.32 Å². The summed E-state index contributed by atoms with van der Waals surface area (Å²) in [7, 11) is -1.69. The molecule has 3 unspecified atom stereocenters. The van der Waals surface area contributed by atoms with Crippen molar-refractivity contribution >= 4 is 92.9 Å². The molecule has 0 aromatic carbocycles. The van der Waals surface area contributed by atoms with Crippen LogP contribution in [0.5, 0.6) is 0 Å². The summed E-state index contributed by atoms with van der Waals surface area (Å²) in [6.07, 6.45) is 0.